The molecule has 0 saturated heterocycles. The van der Waals surface area contributed by atoms with Crippen LogP contribution in [0.2, 0.25) is 0 Å². The van der Waals surface area contributed by atoms with Crippen molar-refractivity contribution in [1.29, 1.82) is 0 Å². The van der Waals surface area contributed by atoms with Crippen LogP contribution in [0, 0.1) is 20.8 Å². The summed E-state index contributed by atoms with van der Waals surface area (Å²) in [6.45, 7) is 6.09. The third-order valence-electron chi connectivity index (χ3n) is 5.42. The molecule has 0 aliphatic heterocycles. The fourth-order valence-electron chi connectivity index (χ4n) is 4.09. The molecule has 3 rings (SSSR count). The van der Waals surface area contributed by atoms with Gasteiger partial charge in [0, 0.05) is 5.69 Å². The molecule has 0 aromatic heterocycles. The lowest BCUT2D eigenvalue weighted by molar-refractivity contribution is -0.121. The standard InChI is InChI=1S/C22H27NO2/c1-15-7-9-18(10-8-15)22(11-5-6-12-22)21(24)23-19-13-16(2)20(25-4)17(3)14-19/h7-10,13-14H,5-6,11-12H2,1-4H3,(H,23,24). The molecule has 0 radical (unpaired) electrons. The number of anilines is 1. The van der Waals surface area contributed by atoms with Crippen LogP contribution in [0.15, 0.2) is 36.4 Å². The van der Waals surface area contributed by atoms with Gasteiger partial charge >= 0.3 is 0 Å². The Kier molecular flexibility index (Phi) is 4.85. The molecule has 1 aliphatic rings. The van der Waals surface area contributed by atoms with Crippen LogP contribution in [0.3, 0.4) is 0 Å². The van der Waals surface area contributed by atoms with Crippen LogP contribution in [0.25, 0.3) is 0 Å². The fraction of sp³-hybridized carbons (Fsp3) is 0.409. The van der Waals surface area contributed by atoms with Crippen LogP contribution < -0.4 is 10.1 Å². The number of carbonyl (C=O) groups is 1. The summed E-state index contributed by atoms with van der Waals surface area (Å²) in [5.41, 5.74) is 4.87. The first kappa shape index (κ1) is 17.5. The third-order valence-corrected chi connectivity index (χ3v) is 5.42. The first-order valence-corrected chi connectivity index (χ1v) is 9.00. The minimum Gasteiger partial charge on any atom is -0.496 e. The molecule has 25 heavy (non-hydrogen) atoms. The van der Waals surface area contributed by atoms with Crippen LogP contribution in [0.5, 0.6) is 5.75 Å². The summed E-state index contributed by atoms with van der Waals surface area (Å²) >= 11 is 0. The Morgan fingerprint density at radius 1 is 1.00 bits per heavy atom. The number of benzene rings is 2. The van der Waals surface area contributed by atoms with Gasteiger partial charge in [0.1, 0.15) is 5.75 Å². The van der Waals surface area contributed by atoms with Crippen LogP contribution in [0.4, 0.5) is 5.69 Å². The van der Waals surface area contributed by atoms with Crippen molar-refractivity contribution in [3.8, 4) is 5.75 Å². The van der Waals surface area contributed by atoms with Gasteiger partial charge in [-0.1, -0.05) is 42.7 Å². The molecule has 0 spiro atoms. The molecule has 132 valence electrons. The predicted molar refractivity (Wildman–Crippen MR) is 102 cm³/mol. The van der Waals surface area contributed by atoms with E-state index in [1.165, 1.54) is 5.56 Å². The predicted octanol–water partition coefficient (Wildman–Crippen LogP) is 5.07. The fourth-order valence-corrected chi connectivity index (χ4v) is 4.09. The summed E-state index contributed by atoms with van der Waals surface area (Å²) in [6, 6.07) is 12.4. The van der Waals surface area contributed by atoms with E-state index in [1.54, 1.807) is 7.11 Å². The molecule has 0 bridgehead atoms. The second-order valence-electron chi connectivity index (χ2n) is 7.25. The molecule has 0 atom stereocenters. The number of rotatable bonds is 4. The molecule has 3 heteroatoms. The zero-order valence-corrected chi connectivity index (χ0v) is 15.6. The van der Waals surface area contributed by atoms with Crippen molar-refractivity contribution < 1.29 is 9.53 Å². The Morgan fingerprint density at radius 3 is 2.08 bits per heavy atom. The average molecular weight is 337 g/mol. The minimum absolute atomic E-state index is 0.109. The van der Waals surface area contributed by atoms with Crippen LogP contribution in [-0.4, -0.2) is 13.0 Å². The smallest absolute Gasteiger partial charge is 0.235 e. The van der Waals surface area contributed by atoms with Crippen molar-refractivity contribution >= 4 is 11.6 Å². The van der Waals surface area contributed by atoms with Gasteiger partial charge < -0.3 is 10.1 Å². The number of amides is 1. The van der Waals surface area contributed by atoms with Crippen molar-refractivity contribution in [3.05, 3.63) is 58.7 Å². The van der Waals surface area contributed by atoms with Gasteiger partial charge in [-0.15, -0.1) is 0 Å². The summed E-state index contributed by atoms with van der Waals surface area (Å²) < 4.78 is 5.42. The monoisotopic (exact) mass is 337 g/mol. The third kappa shape index (κ3) is 3.28. The average Bonchev–Trinajstić information content (AvgIpc) is 3.06. The first-order valence-electron chi connectivity index (χ1n) is 9.00. The van der Waals surface area contributed by atoms with Crippen molar-refractivity contribution in [2.75, 3.05) is 12.4 Å². The van der Waals surface area contributed by atoms with Crippen molar-refractivity contribution in [2.45, 2.75) is 51.9 Å². The van der Waals surface area contributed by atoms with E-state index in [0.29, 0.717) is 0 Å². The molecule has 0 unspecified atom stereocenters. The Morgan fingerprint density at radius 2 is 1.56 bits per heavy atom. The molecule has 3 nitrogen and oxygen atoms in total. The largest absolute Gasteiger partial charge is 0.496 e. The lowest BCUT2D eigenvalue weighted by Crippen LogP contribution is -2.38. The van der Waals surface area contributed by atoms with Crippen LogP contribution >= 0.6 is 0 Å². The van der Waals surface area contributed by atoms with Crippen molar-refractivity contribution in [2.24, 2.45) is 0 Å². The van der Waals surface area contributed by atoms with Gasteiger partial charge in [-0.3, -0.25) is 4.79 Å². The summed E-state index contributed by atoms with van der Waals surface area (Å²) in [4.78, 5) is 13.3. The summed E-state index contributed by atoms with van der Waals surface area (Å²) in [5, 5.41) is 3.18. The van der Waals surface area contributed by atoms with E-state index in [4.69, 9.17) is 4.74 Å². The maximum atomic E-state index is 13.3. The van der Waals surface area contributed by atoms with E-state index < -0.39 is 5.41 Å². The zero-order valence-electron chi connectivity index (χ0n) is 15.6. The lowest BCUT2D eigenvalue weighted by atomic mass is 9.77. The number of carbonyl (C=O) groups excluding carboxylic acids is 1. The van der Waals surface area contributed by atoms with Crippen LogP contribution in [0.1, 0.15) is 47.9 Å². The molecule has 1 saturated carbocycles. The molecule has 1 amide bonds. The summed E-state index contributed by atoms with van der Waals surface area (Å²) in [5.74, 6) is 0.991. The number of hydrogen-bond donors (Lipinski definition) is 1. The normalized spacial score (nSPS) is 15.8. The first-order chi connectivity index (χ1) is 12.0. The molecule has 2 aromatic rings. The number of methoxy groups -OCH3 is 1. The second kappa shape index (κ2) is 6.91. The van der Waals surface area contributed by atoms with Crippen molar-refractivity contribution in [1.82, 2.24) is 0 Å². The Hall–Kier alpha value is -2.29. The lowest BCUT2D eigenvalue weighted by Gasteiger charge is -2.28. The van der Waals surface area contributed by atoms with Gasteiger partial charge in [-0.2, -0.15) is 0 Å². The quantitative estimate of drug-likeness (QED) is 0.846. The van der Waals surface area contributed by atoms with E-state index in [2.05, 4.69) is 36.5 Å². The van der Waals surface area contributed by atoms with Gasteiger partial charge in [0.2, 0.25) is 5.91 Å². The van der Waals surface area contributed by atoms with Gasteiger partial charge in [0.25, 0.3) is 0 Å². The molecular weight excluding hydrogens is 310 g/mol. The number of hydrogen-bond acceptors (Lipinski definition) is 2. The maximum absolute atomic E-state index is 13.3. The highest BCUT2D eigenvalue weighted by atomic mass is 16.5. The Balaban J connectivity index is 1.91. The van der Waals surface area contributed by atoms with E-state index in [0.717, 1.165) is 53.8 Å². The van der Waals surface area contributed by atoms with Gasteiger partial charge in [-0.05, 0) is 62.4 Å². The Bertz CT molecular complexity index is 748. The topological polar surface area (TPSA) is 38.3 Å². The number of aryl methyl sites for hydroxylation is 3. The second-order valence-corrected chi connectivity index (χ2v) is 7.25. The number of nitrogens with one attached hydrogen (secondary N) is 1. The highest BCUT2D eigenvalue weighted by Gasteiger charge is 2.42. The molecule has 2 aromatic carbocycles. The van der Waals surface area contributed by atoms with Gasteiger partial charge in [0.05, 0.1) is 12.5 Å². The summed E-state index contributed by atoms with van der Waals surface area (Å²) in [6.07, 6.45) is 4.02. The van der Waals surface area contributed by atoms with E-state index in [1.807, 2.05) is 26.0 Å². The molecular formula is C22H27NO2. The Labute approximate surface area is 150 Å². The number of ether oxygens (including phenoxy) is 1. The maximum Gasteiger partial charge on any atom is 0.235 e. The molecule has 1 aliphatic carbocycles. The van der Waals surface area contributed by atoms with Crippen LogP contribution in [-0.2, 0) is 10.2 Å². The highest BCUT2D eigenvalue weighted by Crippen LogP contribution is 2.42. The van der Waals surface area contributed by atoms with Gasteiger partial charge in [-0.25, -0.2) is 0 Å². The van der Waals surface area contributed by atoms with E-state index in [9.17, 15) is 4.79 Å². The summed E-state index contributed by atoms with van der Waals surface area (Å²) in [7, 11) is 1.68. The van der Waals surface area contributed by atoms with Gasteiger partial charge in [0.15, 0.2) is 0 Å². The highest BCUT2D eigenvalue weighted by molar-refractivity contribution is 5.99. The van der Waals surface area contributed by atoms with E-state index in [-0.39, 0.29) is 5.91 Å². The molecule has 1 fully saturated rings. The SMILES string of the molecule is COc1c(C)cc(NC(=O)C2(c3ccc(C)cc3)CCCC2)cc1C. The minimum atomic E-state index is -0.407. The molecule has 1 N–H and O–H groups in total. The van der Waals surface area contributed by atoms with E-state index >= 15 is 0 Å². The zero-order chi connectivity index (χ0) is 18.0. The molecule has 0 heterocycles. The van der Waals surface area contributed by atoms with Crippen molar-refractivity contribution in [3.63, 3.8) is 0 Å².